The summed E-state index contributed by atoms with van der Waals surface area (Å²) in [6.07, 6.45) is 4.13. The molecule has 156 valence electrons. The van der Waals surface area contributed by atoms with Gasteiger partial charge >= 0.3 is 0 Å². The maximum atomic E-state index is 5.78. The zero-order chi connectivity index (χ0) is 21.1. The van der Waals surface area contributed by atoms with Gasteiger partial charge in [0, 0.05) is 24.6 Å². The molecule has 0 radical (unpaired) electrons. The summed E-state index contributed by atoms with van der Waals surface area (Å²) >= 11 is 1.80. The first-order valence-electron chi connectivity index (χ1n) is 10.3. The van der Waals surface area contributed by atoms with Crippen molar-refractivity contribution in [3.8, 4) is 0 Å². The number of benzene rings is 2. The maximum absolute atomic E-state index is 5.78. The van der Waals surface area contributed by atoms with Crippen LogP contribution in [0.3, 0.4) is 0 Å². The van der Waals surface area contributed by atoms with Gasteiger partial charge in [-0.3, -0.25) is 0 Å². The Balaban J connectivity index is 1.57. The Labute approximate surface area is 183 Å². The molecule has 1 aliphatic rings. The molecule has 1 aliphatic heterocycles. The standard InChI is InChI=1S/C24H29N4OS/c1-18-9-10-22-23(15-18)30-24(27(22)4)16-20-19-7-5-6-8-21(19)28(17-25-20)12-14-29-13-11-26(2)3/h5-10,15-17H,11-14H2,1-4H3/q+1. The molecule has 3 aromatic rings. The third-order valence-electron chi connectivity index (χ3n) is 5.27. The predicted octanol–water partition coefficient (Wildman–Crippen LogP) is 3.95. The van der Waals surface area contributed by atoms with Gasteiger partial charge in [0.25, 0.3) is 6.33 Å². The minimum Gasteiger partial charge on any atom is -0.376 e. The molecule has 0 spiro atoms. The summed E-state index contributed by atoms with van der Waals surface area (Å²) in [5, 5.41) is 2.35. The van der Waals surface area contributed by atoms with E-state index in [-0.39, 0.29) is 0 Å². The van der Waals surface area contributed by atoms with Gasteiger partial charge in [-0.15, -0.1) is 0 Å². The number of hydrogen-bond donors (Lipinski definition) is 0. The Hall–Kier alpha value is -2.41. The summed E-state index contributed by atoms with van der Waals surface area (Å²) in [6, 6.07) is 15.1. The normalized spacial score (nSPS) is 14.8. The average Bonchev–Trinajstić information content (AvgIpc) is 3.03. The fourth-order valence-electron chi connectivity index (χ4n) is 3.53. The molecule has 0 amide bonds. The van der Waals surface area contributed by atoms with E-state index in [0.29, 0.717) is 6.61 Å². The van der Waals surface area contributed by atoms with Gasteiger partial charge < -0.3 is 14.5 Å². The maximum Gasteiger partial charge on any atom is 0.287 e. The lowest BCUT2D eigenvalue weighted by atomic mass is 10.1. The molecule has 0 saturated carbocycles. The van der Waals surface area contributed by atoms with Gasteiger partial charge in [0.15, 0.2) is 5.69 Å². The summed E-state index contributed by atoms with van der Waals surface area (Å²) in [7, 11) is 6.24. The molecule has 5 nitrogen and oxygen atoms in total. The van der Waals surface area contributed by atoms with Crippen LogP contribution in [0.25, 0.3) is 17.0 Å². The highest BCUT2D eigenvalue weighted by Crippen LogP contribution is 2.46. The van der Waals surface area contributed by atoms with Gasteiger partial charge in [-0.05, 0) is 55.8 Å². The summed E-state index contributed by atoms with van der Waals surface area (Å²) in [5.74, 6) is 0. The number of para-hydroxylation sites is 1. The van der Waals surface area contributed by atoms with Crippen LogP contribution >= 0.6 is 11.8 Å². The molecule has 0 bridgehead atoms. The lowest BCUT2D eigenvalue weighted by Gasteiger charge is -2.13. The molecule has 2 heterocycles. The van der Waals surface area contributed by atoms with Crippen LogP contribution in [0, 0.1) is 6.92 Å². The molecule has 0 N–H and O–H groups in total. The van der Waals surface area contributed by atoms with Crippen molar-refractivity contribution in [3.63, 3.8) is 0 Å². The zero-order valence-electron chi connectivity index (χ0n) is 18.1. The van der Waals surface area contributed by atoms with Crippen molar-refractivity contribution >= 4 is 34.4 Å². The third-order valence-corrected chi connectivity index (χ3v) is 6.41. The van der Waals surface area contributed by atoms with Crippen LogP contribution in [0.1, 0.15) is 11.3 Å². The quantitative estimate of drug-likeness (QED) is 0.426. The Kier molecular flexibility index (Phi) is 6.37. The number of ether oxygens (including phenoxy) is 1. The fraction of sp³-hybridized carbons (Fsp3) is 0.333. The Morgan fingerprint density at radius 2 is 2.00 bits per heavy atom. The summed E-state index contributed by atoms with van der Waals surface area (Å²) in [6.45, 7) is 5.28. The molecular weight excluding hydrogens is 392 g/mol. The van der Waals surface area contributed by atoms with Gasteiger partial charge in [0.05, 0.1) is 29.3 Å². The number of likely N-dealkylation sites (N-methyl/N-ethyl adjacent to an activating group) is 1. The number of thioether (sulfide) groups is 1. The molecule has 1 aromatic heterocycles. The number of nitrogens with zero attached hydrogens (tertiary/aromatic N) is 4. The van der Waals surface area contributed by atoms with E-state index in [2.05, 4.69) is 91.0 Å². The van der Waals surface area contributed by atoms with Crippen molar-refractivity contribution in [3.05, 3.63) is 65.1 Å². The zero-order valence-corrected chi connectivity index (χ0v) is 18.9. The molecule has 2 aromatic carbocycles. The predicted molar refractivity (Wildman–Crippen MR) is 125 cm³/mol. The van der Waals surface area contributed by atoms with E-state index in [1.54, 1.807) is 11.8 Å². The fourth-order valence-corrected chi connectivity index (χ4v) is 4.72. The van der Waals surface area contributed by atoms with E-state index in [1.807, 2.05) is 6.33 Å². The number of hydrogen-bond acceptors (Lipinski definition) is 5. The van der Waals surface area contributed by atoms with Crippen molar-refractivity contribution in [2.24, 2.45) is 0 Å². The van der Waals surface area contributed by atoms with Crippen LogP contribution < -0.4 is 9.47 Å². The highest BCUT2D eigenvalue weighted by atomic mass is 32.2. The lowest BCUT2D eigenvalue weighted by molar-refractivity contribution is -0.676. The van der Waals surface area contributed by atoms with Gasteiger partial charge in [-0.25, -0.2) is 4.57 Å². The topological polar surface area (TPSA) is 32.5 Å². The first kappa shape index (κ1) is 20.8. The van der Waals surface area contributed by atoms with Crippen molar-refractivity contribution < 1.29 is 9.30 Å². The molecule has 0 fully saturated rings. The molecule has 6 heteroatoms. The summed E-state index contributed by atoms with van der Waals surface area (Å²) in [4.78, 5) is 10.5. The first-order valence-corrected chi connectivity index (χ1v) is 11.1. The number of aryl methyl sites for hydroxylation is 1. The van der Waals surface area contributed by atoms with Crippen molar-refractivity contribution in [2.45, 2.75) is 18.4 Å². The van der Waals surface area contributed by atoms with E-state index in [9.17, 15) is 0 Å². The smallest absolute Gasteiger partial charge is 0.287 e. The van der Waals surface area contributed by atoms with E-state index in [1.165, 1.54) is 26.7 Å². The van der Waals surface area contributed by atoms with Crippen molar-refractivity contribution in [1.82, 2.24) is 9.88 Å². The first-order chi connectivity index (χ1) is 14.5. The summed E-state index contributed by atoms with van der Waals surface area (Å²) < 4.78 is 7.96. The summed E-state index contributed by atoms with van der Waals surface area (Å²) in [5.41, 5.74) is 4.71. The SMILES string of the molecule is Cc1ccc2c(c1)SC(=Cc1nc[n+](CCOCCN(C)C)c3ccccc13)N2C. The van der Waals surface area contributed by atoms with Crippen LogP contribution in [0.4, 0.5) is 5.69 Å². The minimum absolute atomic E-state index is 0.678. The van der Waals surface area contributed by atoms with Gasteiger partial charge in [-0.1, -0.05) is 30.0 Å². The van der Waals surface area contributed by atoms with Crippen LogP contribution in [-0.4, -0.2) is 50.8 Å². The molecule has 0 saturated heterocycles. The van der Waals surface area contributed by atoms with Crippen LogP contribution in [0.2, 0.25) is 0 Å². The highest BCUT2D eigenvalue weighted by molar-refractivity contribution is 8.03. The Morgan fingerprint density at radius 1 is 1.17 bits per heavy atom. The molecule has 30 heavy (non-hydrogen) atoms. The van der Waals surface area contributed by atoms with Gasteiger partial charge in [0.1, 0.15) is 12.1 Å². The van der Waals surface area contributed by atoms with Crippen LogP contribution in [-0.2, 0) is 11.3 Å². The second kappa shape index (κ2) is 9.16. The average molecular weight is 422 g/mol. The van der Waals surface area contributed by atoms with Crippen LogP contribution in [0.15, 0.2) is 58.7 Å². The van der Waals surface area contributed by atoms with Gasteiger partial charge in [0.2, 0.25) is 0 Å². The van der Waals surface area contributed by atoms with E-state index < -0.39 is 0 Å². The molecule has 0 atom stereocenters. The number of anilines is 1. The largest absolute Gasteiger partial charge is 0.376 e. The van der Waals surface area contributed by atoms with E-state index >= 15 is 0 Å². The van der Waals surface area contributed by atoms with Crippen LogP contribution in [0.5, 0.6) is 0 Å². The molecule has 0 aliphatic carbocycles. The minimum atomic E-state index is 0.678. The van der Waals surface area contributed by atoms with E-state index in [4.69, 9.17) is 9.72 Å². The van der Waals surface area contributed by atoms with Crippen molar-refractivity contribution in [2.75, 3.05) is 45.8 Å². The van der Waals surface area contributed by atoms with Crippen molar-refractivity contribution in [1.29, 1.82) is 0 Å². The van der Waals surface area contributed by atoms with Gasteiger partial charge in [-0.2, -0.15) is 0 Å². The molecule has 0 unspecified atom stereocenters. The monoisotopic (exact) mass is 421 g/mol. The second-order valence-electron chi connectivity index (χ2n) is 7.87. The second-order valence-corrected chi connectivity index (χ2v) is 8.93. The third kappa shape index (κ3) is 4.51. The highest BCUT2D eigenvalue weighted by Gasteiger charge is 2.23. The number of fused-ring (bicyclic) bond motifs is 2. The van der Waals surface area contributed by atoms with E-state index in [0.717, 1.165) is 30.8 Å². The Bertz CT molecular complexity index is 1080. The lowest BCUT2D eigenvalue weighted by Crippen LogP contribution is -2.37. The molecule has 4 rings (SSSR count). The Morgan fingerprint density at radius 3 is 2.83 bits per heavy atom. The number of aromatic nitrogens is 2. The number of rotatable bonds is 7. The molecular formula is C24H29N4OS+.